The lowest BCUT2D eigenvalue weighted by Crippen LogP contribution is -2.42. The van der Waals surface area contributed by atoms with E-state index in [9.17, 15) is 0 Å². The molecule has 3 aromatic heterocycles. The molecule has 0 aliphatic carbocycles. The molecule has 138 valence electrons. The van der Waals surface area contributed by atoms with Gasteiger partial charge in [0.15, 0.2) is 5.82 Å². The molecule has 9 heteroatoms. The maximum absolute atomic E-state index is 5.75. The zero-order valence-electron chi connectivity index (χ0n) is 14.8. The van der Waals surface area contributed by atoms with E-state index in [1.54, 1.807) is 12.4 Å². The number of pyridine rings is 1. The molecule has 0 aromatic carbocycles. The minimum absolute atomic E-state index is 0. The second-order valence-corrected chi connectivity index (χ2v) is 6.13. The molecule has 3 aromatic rings. The Kier molecular flexibility index (Phi) is 5.65. The van der Waals surface area contributed by atoms with Gasteiger partial charge in [-0.05, 0) is 13.0 Å². The number of morpholine rings is 1. The number of anilines is 1. The van der Waals surface area contributed by atoms with Crippen LogP contribution < -0.4 is 10.6 Å². The lowest BCUT2D eigenvalue weighted by Gasteiger charge is -2.24. The monoisotopic (exact) mass is 375 g/mol. The van der Waals surface area contributed by atoms with Crippen LogP contribution in [0.3, 0.4) is 0 Å². The minimum atomic E-state index is 0. The quantitative estimate of drug-likeness (QED) is 0.715. The highest BCUT2D eigenvalue weighted by Gasteiger charge is 2.16. The molecule has 0 amide bonds. The van der Waals surface area contributed by atoms with Gasteiger partial charge in [-0.3, -0.25) is 9.67 Å². The number of halogens is 1. The predicted octanol–water partition coefficient (Wildman–Crippen LogP) is 1.56. The summed E-state index contributed by atoms with van der Waals surface area (Å²) in [6.07, 6.45) is 5.33. The fourth-order valence-electron chi connectivity index (χ4n) is 2.94. The summed E-state index contributed by atoms with van der Waals surface area (Å²) < 4.78 is 7.59. The molecule has 1 fully saturated rings. The summed E-state index contributed by atoms with van der Waals surface area (Å²) in [7, 11) is 1.92. The molecule has 0 bridgehead atoms. The summed E-state index contributed by atoms with van der Waals surface area (Å²) in [4.78, 5) is 13.7. The number of rotatable bonds is 4. The van der Waals surface area contributed by atoms with Crippen molar-refractivity contribution in [2.45, 2.75) is 13.0 Å². The standard InChI is InChI=1S/C17H21N7O.ClH/c1-11-13(10-22-24(11)2)14-7-15-16(20-4-3-19-15)17(23-14)21-9-12-8-18-5-6-25-12;/h3-4,7,10,12,18H,5-6,8-9H2,1-2H3,(H,21,23);1H/t12-;/m0./s1. The molecule has 0 radical (unpaired) electrons. The van der Waals surface area contributed by atoms with Gasteiger partial charge in [0.1, 0.15) is 5.52 Å². The van der Waals surface area contributed by atoms with Crippen molar-refractivity contribution in [1.82, 2.24) is 30.0 Å². The van der Waals surface area contributed by atoms with Gasteiger partial charge < -0.3 is 15.4 Å². The highest BCUT2D eigenvalue weighted by atomic mass is 35.5. The van der Waals surface area contributed by atoms with Gasteiger partial charge in [-0.2, -0.15) is 5.10 Å². The smallest absolute Gasteiger partial charge is 0.154 e. The molecule has 4 heterocycles. The zero-order valence-corrected chi connectivity index (χ0v) is 15.6. The largest absolute Gasteiger partial charge is 0.374 e. The lowest BCUT2D eigenvalue weighted by atomic mass is 10.1. The predicted molar refractivity (Wildman–Crippen MR) is 103 cm³/mol. The summed E-state index contributed by atoms with van der Waals surface area (Å²) in [6, 6.07) is 1.95. The molecular formula is C17H22ClN7O. The Morgan fingerprint density at radius 3 is 2.92 bits per heavy atom. The Morgan fingerprint density at radius 2 is 2.19 bits per heavy atom. The molecule has 4 rings (SSSR count). The lowest BCUT2D eigenvalue weighted by molar-refractivity contribution is 0.0372. The maximum atomic E-state index is 5.75. The highest BCUT2D eigenvalue weighted by Crippen LogP contribution is 2.27. The first-order chi connectivity index (χ1) is 12.2. The SMILES string of the molecule is Cc1c(-c2cc3nccnc3c(NC[C@@H]3CNCCO3)n2)cnn1C.Cl. The van der Waals surface area contributed by atoms with Crippen LogP contribution in [0.2, 0.25) is 0 Å². The average molecular weight is 376 g/mol. The van der Waals surface area contributed by atoms with Gasteiger partial charge in [-0.25, -0.2) is 9.97 Å². The van der Waals surface area contributed by atoms with Crippen molar-refractivity contribution in [1.29, 1.82) is 0 Å². The van der Waals surface area contributed by atoms with Crippen molar-refractivity contribution in [3.63, 3.8) is 0 Å². The van der Waals surface area contributed by atoms with E-state index in [1.165, 1.54) is 0 Å². The van der Waals surface area contributed by atoms with Crippen LogP contribution in [-0.2, 0) is 11.8 Å². The summed E-state index contributed by atoms with van der Waals surface area (Å²) >= 11 is 0. The fourth-order valence-corrected chi connectivity index (χ4v) is 2.94. The number of aromatic nitrogens is 5. The first-order valence-corrected chi connectivity index (χ1v) is 8.39. The van der Waals surface area contributed by atoms with E-state index < -0.39 is 0 Å². The molecule has 0 unspecified atom stereocenters. The van der Waals surface area contributed by atoms with Gasteiger partial charge in [0.25, 0.3) is 0 Å². The maximum Gasteiger partial charge on any atom is 0.154 e. The van der Waals surface area contributed by atoms with Crippen molar-refractivity contribution >= 4 is 29.3 Å². The van der Waals surface area contributed by atoms with Crippen molar-refractivity contribution < 1.29 is 4.74 Å². The molecule has 1 saturated heterocycles. The van der Waals surface area contributed by atoms with Gasteiger partial charge >= 0.3 is 0 Å². The summed E-state index contributed by atoms with van der Waals surface area (Å²) in [6.45, 7) is 5.16. The Labute approximate surface area is 157 Å². The van der Waals surface area contributed by atoms with Crippen molar-refractivity contribution in [3.8, 4) is 11.3 Å². The third kappa shape index (κ3) is 3.62. The molecule has 1 aliphatic heterocycles. The molecule has 1 aliphatic rings. The van der Waals surface area contributed by atoms with Crippen LogP contribution in [0.1, 0.15) is 5.69 Å². The van der Waals surface area contributed by atoms with E-state index in [4.69, 9.17) is 9.72 Å². The van der Waals surface area contributed by atoms with Crippen LogP contribution in [-0.4, -0.2) is 57.1 Å². The number of aryl methyl sites for hydroxylation is 1. The zero-order chi connectivity index (χ0) is 17.2. The molecule has 8 nitrogen and oxygen atoms in total. The summed E-state index contributed by atoms with van der Waals surface area (Å²) in [5.41, 5.74) is 4.46. The molecule has 0 spiro atoms. The molecule has 1 atom stereocenters. The normalized spacial score (nSPS) is 17.1. The van der Waals surface area contributed by atoms with Gasteiger partial charge in [-0.15, -0.1) is 12.4 Å². The number of nitrogens with one attached hydrogen (secondary N) is 2. The van der Waals surface area contributed by atoms with Crippen LogP contribution in [0, 0.1) is 6.92 Å². The second-order valence-electron chi connectivity index (χ2n) is 6.13. The van der Waals surface area contributed by atoms with Crippen molar-refractivity contribution in [2.24, 2.45) is 7.05 Å². The second kappa shape index (κ2) is 7.94. The van der Waals surface area contributed by atoms with Gasteiger partial charge in [-0.1, -0.05) is 0 Å². The van der Waals surface area contributed by atoms with E-state index in [1.807, 2.05) is 30.9 Å². The number of ether oxygens (including phenoxy) is 1. The van der Waals surface area contributed by atoms with Gasteiger partial charge in [0.2, 0.25) is 0 Å². The van der Waals surface area contributed by atoms with Gasteiger partial charge in [0.05, 0.1) is 30.1 Å². The van der Waals surface area contributed by atoms with Gasteiger partial charge in [0, 0.05) is 50.3 Å². The summed E-state index contributed by atoms with van der Waals surface area (Å²) in [5, 5.41) is 11.0. The third-order valence-electron chi connectivity index (χ3n) is 4.47. The van der Waals surface area contributed by atoms with Crippen molar-refractivity contribution in [3.05, 3.63) is 30.4 Å². The van der Waals surface area contributed by atoms with Crippen LogP contribution in [0.25, 0.3) is 22.3 Å². The highest BCUT2D eigenvalue weighted by molar-refractivity contribution is 5.88. The minimum Gasteiger partial charge on any atom is -0.374 e. The van der Waals surface area contributed by atoms with E-state index in [0.29, 0.717) is 6.54 Å². The first-order valence-electron chi connectivity index (χ1n) is 8.39. The number of hydrogen-bond donors (Lipinski definition) is 2. The van der Waals surface area contributed by atoms with Crippen LogP contribution in [0.15, 0.2) is 24.7 Å². The third-order valence-corrected chi connectivity index (χ3v) is 4.47. The van der Waals surface area contributed by atoms with Crippen LogP contribution in [0.5, 0.6) is 0 Å². The van der Waals surface area contributed by atoms with Crippen LogP contribution in [0.4, 0.5) is 5.82 Å². The number of hydrogen-bond acceptors (Lipinski definition) is 7. The van der Waals surface area contributed by atoms with E-state index in [2.05, 4.69) is 25.7 Å². The Bertz CT molecular complexity index is 892. The molecular weight excluding hydrogens is 354 g/mol. The Balaban J connectivity index is 0.00000196. The molecule has 26 heavy (non-hydrogen) atoms. The first kappa shape index (κ1) is 18.5. The van der Waals surface area contributed by atoms with E-state index in [-0.39, 0.29) is 18.5 Å². The summed E-state index contributed by atoms with van der Waals surface area (Å²) in [5.74, 6) is 0.720. The topological polar surface area (TPSA) is 89.8 Å². The van der Waals surface area contributed by atoms with E-state index in [0.717, 1.165) is 53.5 Å². The average Bonchev–Trinajstić information content (AvgIpc) is 2.99. The number of fused-ring (bicyclic) bond motifs is 1. The van der Waals surface area contributed by atoms with Crippen LogP contribution >= 0.6 is 12.4 Å². The van der Waals surface area contributed by atoms with Crippen molar-refractivity contribution in [2.75, 3.05) is 31.6 Å². The Hall–Kier alpha value is -2.29. The molecule has 0 saturated carbocycles. The Morgan fingerprint density at radius 1 is 1.35 bits per heavy atom. The fraction of sp³-hybridized carbons (Fsp3) is 0.412. The number of nitrogens with zero attached hydrogens (tertiary/aromatic N) is 5. The molecule has 2 N–H and O–H groups in total. The van der Waals surface area contributed by atoms with E-state index >= 15 is 0 Å².